The average molecular weight is 470 g/mol. The van der Waals surface area contributed by atoms with Crippen LogP contribution in [0.25, 0.3) is 15.9 Å². The first kappa shape index (κ1) is 23.7. The second kappa shape index (κ2) is 8.72. The summed E-state index contributed by atoms with van der Waals surface area (Å²) >= 11 is 0. The molecule has 0 spiro atoms. The number of aromatic nitrogens is 3. The van der Waals surface area contributed by atoms with Gasteiger partial charge in [-0.05, 0) is 44.5 Å². The number of hydrogen-bond acceptors (Lipinski definition) is 5. The average Bonchev–Trinajstić information content (AvgIpc) is 2.78. The maximum atomic E-state index is 13.0. The SMILES string of the molecule is [C-]#[N+]c1ccc2c(n1)c(N1C[C@@H](C)N(Cc3ccc(C(F)(F)F)nc3C)C[C@@H]1C)cc(=O)n2C. The Morgan fingerprint density at radius 2 is 1.85 bits per heavy atom. The number of aryl methyl sites for hydroxylation is 2. The molecular weight excluding hydrogens is 445 g/mol. The zero-order chi connectivity index (χ0) is 24.8. The van der Waals surface area contributed by atoms with Crippen molar-refractivity contribution in [2.75, 3.05) is 18.0 Å². The summed E-state index contributed by atoms with van der Waals surface area (Å²) in [5, 5.41) is 0. The summed E-state index contributed by atoms with van der Waals surface area (Å²) in [7, 11) is 1.68. The summed E-state index contributed by atoms with van der Waals surface area (Å²) < 4.78 is 40.4. The monoisotopic (exact) mass is 470 g/mol. The summed E-state index contributed by atoms with van der Waals surface area (Å²) in [6.45, 7) is 14.7. The normalized spacial score (nSPS) is 19.4. The van der Waals surface area contributed by atoms with Crippen LogP contribution >= 0.6 is 0 Å². The van der Waals surface area contributed by atoms with Gasteiger partial charge in [-0.1, -0.05) is 12.6 Å². The summed E-state index contributed by atoms with van der Waals surface area (Å²) in [5.74, 6) is 0.261. The van der Waals surface area contributed by atoms with Crippen molar-refractivity contribution < 1.29 is 13.2 Å². The van der Waals surface area contributed by atoms with Crippen LogP contribution in [-0.2, 0) is 19.8 Å². The third kappa shape index (κ3) is 4.35. The molecule has 0 aliphatic carbocycles. The summed E-state index contributed by atoms with van der Waals surface area (Å²) in [4.78, 5) is 28.6. The number of halogens is 3. The maximum absolute atomic E-state index is 13.0. The quantitative estimate of drug-likeness (QED) is 0.534. The Balaban J connectivity index is 1.62. The van der Waals surface area contributed by atoms with E-state index in [4.69, 9.17) is 6.57 Å². The van der Waals surface area contributed by atoms with Crippen LogP contribution in [0, 0.1) is 13.5 Å². The van der Waals surface area contributed by atoms with Gasteiger partial charge in [0.15, 0.2) is 0 Å². The van der Waals surface area contributed by atoms with E-state index in [0.717, 1.165) is 11.6 Å². The van der Waals surface area contributed by atoms with Crippen molar-refractivity contribution in [2.45, 2.75) is 45.6 Å². The van der Waals surface area contributed by atoms with Gasteiger partial charge in [-0.25, -0.2) is 4.98 Å². The lowest BCUT2D eigenvalue weighted by Crippen LogP contribution is -2.56. The maximum Gasteiger partial charge on any atom is 0.433 e. The van der Waals surface area contributed by atoms with Gasteiger partial charge in [-0.3, -0.25) is 9.69 Å². The molecule has 1 aliphatic rings. The standard InChI is InChI=1S/C24H25F3N6O/c1-14-12-33(19-10-22(34)31(5)18-7-9-21(28-4)30-23(18)19)15(2)11-32(14)13-17-6-8-20(24(25,26)27)29-16(17)3/h6-10,14-15H,11-13H2,1-3,5H3/t14-,15+/m1/s1. The van der Waals surface area contributed by atoms with E-state index in [1.165, 1.54) is 10.6 Å². The predicted octanol–water partition coefficient (Wildman–Crippen LogP) is 4.31. The molecule has 1 fully saturated rings. The highest BCUT2D eigenvalue weighted by Gasteiger charge is 2.34. The number of hydrogen-bond donors (Lipinski definition) is 0. The fourth-order valence-corrected chi connectivity index (χ4v) is 4.47. The summed E-state index contributed by atoms with van der Waals surface area (Å²) in [6.07, 6.45) is -4.46. The molecule has 4 heterocycles. The highest BCUT2D eigenvalue weighted by atomic mass is 19.4. The Morgan fingerprint density at radius 3 is 2.50 bits per heavy atom. The van der Waals surface area contributed by atoms with Crippen LogP contribution in [0.1, 0.15) is 30.8 Å². The fraction of sp³-hybridized carbons (Fsp3) is 0.417. The summed E-state index contributed by atoms with van der Waals surface area (Å²) in [6, 6.07) is 7.49. The smallest absolute Gasteiger partial charge is 0.362 e. The van der Waals surface area contributed by atoms with E-state index in [-0.39, 0.29) is 23.5 Å². The zero-order valence-corrected chi connectivity index (χ0v) is 19.4. The van der Waals surface area contributed by atoms with Crippen LogP contribution < -0.4 is 10.5 Å². The molecule has 34 heavy (non-hydrogen) atoms. The van der Waals surface area contributed by atoms with Gasteiger partial charge in [0, 0.05) is 50.5 Å². The van der Waals surface area contributed by atoms with Crippen LogP contribution in [0.2, 0.25) is 0 Å². The molecule has 4 rings (SSSR count). The van der Waals surface area contributed by atoms with Gasteiger partial charge < -0.3 is 14.3 Å². The number of piperazine rings is 1. The third-order valence-electron chi connectivity index (χ3n) is 6.45. The molecule has 0 N–H and O–H groups in total. The summed E-state index contributed by atoms with van der Waals surface area (Å²) in [5.41, 5.74) is 2.02. The van der Waals surface area contributed by atoms with Gasteiger partial charge in [-0.15, -0.1) is 4.98 Å². The van der Waals surface area contributed by atoms with Gasteiger partial charge in [0.25, 0.3) is 11.4 Å². The van der Waals surface area contributed by atoms with Crippen LogP contribution in [0.3, 0.4) is 0 Å². The highest BCUT2D eigenvalue weighted by molar-refractivity contribution is 5.89. The van der Waals surface area contributed by atoms with Gasteiger partial charge in [0.05, 0.1) is 11.2 Å². The molecule has 3 aromatic rings. The number of anilines is 1. The Hall–Kier alpha value is -3.45. The highest BCUT2D eigenvalue weighted by Crippen LogP contribution is 2.31. The molecular formula is C24H25F3N6O. The largest absolute Gasteiger partial charge is 0.433 e. The zero-order valence-electron chi connectivity index (χ0n) is 19.4. The van der Waals surface area contributed by atoms with Crippen molar-refractivity contribution in [1.29, 1.82) is 0 Å². The lowest BCUT2D eigenvalue weighted by Gasteiger charge is -2.45. The van der Waals surface area contributed by atoms with Crippen LogP contribution in [-0.4, -0.2) is 44.6 Å². The van der Waals surface area contributed by atoms with Crippen molar-refractivity contribution in [3.8, 4) is 0 Å². The molecule has 178 valence electrons. The van der Waals surface area contributed by atoms with Gasteiger partial charge >= 0.3 is 6.18 Å². The molecule has 2 atom stereocenters. The second-order valence-corrected chi connectivity index (χ2v) is 8.79. The first-order valence-corrected chi connectivity index (χ1v) is 10.9. The minimum Gasteiger partial charge on any atom is -0.362 e. The molecule has 10 heteroatoms. The van der Waals surface area contributed by atoms with Crippen molar-refractivity contribution >= 4 is 22.5 Å². The van der Waals surface area contributed by atoms with Crippen LogP contribution in [0.5, 0.6) is 0 Å². The molecule has 0 saturated carbocycles. The molecule has 0 aromatic carbocycles. The number of rotatable bonds is 3. The van der Waals surface area contributed by atoms with Crippen molar-refractivity contribution in [1.82, 2.24) is 19.4 Å². The Kier molecular flexibility index (Phi) is 6.08. The number of pyridine rings is 3. The van der Waals surface area contributed by atoms with Crippen molar-refractivity contribution in [3.05, 3.63) is 69.1 Å². The van der Waals surface area contributed by atoms with E-state index in [0.29, 0.717) is 42.0 Å². The molecule has 0 unspecified atom stereocenters. The van der Waals surface area contributed by atoms with E-state index in [2.05, 4.69) is 24.6 Å². The number of nitrogens with zero attached hydrogens (tertiary/aromatic N) is 6. The van der Waals surface area contributed by atoms with Crippen molar-refractivity contribution in [3.63, 3.8) is 0 Å². The molecule has 0 radical (unpaired) electrons. The molecule has 0 amide bonds. The third-order valence-corrected chi connectivity index (χ3v) is 6.45. The number of fused-ring (bicyclic) bond motifs is 1. The van der Waals surface area contributed by atoms with E-state index >= 15 is 0 Å². The van der Waals surface area contributed by atoms with Crippen LogP contribution in [0.4, 0.5) is 24.7 Å². The Labute approximate surface area is 195 Å². The predicted molar refractivity (Wildman–Crippen MR) is 124 cm³/mol. The molecule has 1 saturated heterocycles. The van der Waals surface area contributed by atoms with Gasteiger partial charge in [0.1, 0.15) is 5.69 Å². The topological polar surface area (TPSA) is 58.6 Å². The molecule has 0 bridgehead atoms. The molecule has 3 aromatic heterocycles. The van der Waals surface area contributed by atoms with E-state index in [1.54, 1.807) is 32.2 Å². The number of alkyl halides is 3. The molecule has 1 aliphatic heterocycles. The van der Waals surface area contributed by atoms with Crippen LogP contribution in [0.15, 0.2) is 35.1 Å². The minimum atomic E-state index is -4.46. The first-order valence-electron chi connectivity index (χ1n) is 10.9. The van der Waals surface area contributed by atoms with Crippen molar-refractivity contribution in [2.24, 2.45) is 7.05 Å². The fourth-order valence-electron chi connectivity index (χ4n) is 4.47. The van der Waals surface area contributed by atoms with E-state index in [9.17, 15) is 18.0 Å². The first-order chi connectivity index (χ1) is 16.0. The van der Waals surface area contributed by atoms with E-state index in [1.807, 2.05) is 13.8 Å². The lowest BCUT2D eigenvalue weighted by molar-refractivity contribution is -0.141. The second-order valence-electron chi connectivity index (χ2n) is 8.79. The van der Waals surface area contributed by atoms with E-state index < -0.39 is 11.9 Å². The molecule has 7 nitrogen and oxygen atoms in total. The van der Waals surface area contributed by atoms with Gasteiger partial charge in [0.2, 0.25) is 5.52 Å². The van der Waals surface area contributed by atoms with Gasteiger partial charge in [-0.2, -0.15) is 13.2 Å². The minimum absolute atomic E-state index is 0.00705. The Morgan fingerprint density at radius 1 is 1.12 bits per heavy atom. The lowest BCUT2D eigenvalue weighted by atomic mass is 10.0. The Bertz CT molecular complexity index is 1340.